The number of hydrogen-bond acceptors (Lipinski definition) is 5. The fourth-order valence-electron chi connectivity index (χ4n) is 9.66. The van der Waals surface area contributed by atoms with E-state index >= 15 is 0 Å². The molecule has 0 fully saturated rings. The monoisotopic (exact) mass is 734 g/mol. The molecule has 4 aromatic carbocycles. The van der Waals surface area contributed by atoms with Gasteiger partial charge in [0, 0.05) is 36.6 Å². The Hall–Kier alpha value is -5.08. The highest BCUT2D eigenvalue weighted by Gasteiger charge is 2.51. The summed E-state index contributed by atoms with van der Waals surface area (Å²) in [6, 6.07) is 34.8. The third-order valence-corrected chi connectivity index (χ3v) is 12.4. The van der Waals surface area contributed by atoms with Crippen LogP contribution in [0.4, 0.5) is 5.69 Å². The van der Waals surface area contributed by atoms with Gasteiger partial charge in [-0.1, -0.05) is 148 Å². The minimum atomic E-state index is -0.478. The van der Waals surface area contributed by atoms with E-state index in [0.29, 0.717) is 12.6 Å². The molecule has 0 spiro atoms. The second-order valence-corrected chi connectivity index (χ2v) is 15.9. The molecule has 3 aliphatic heterocycles. The molecule has 8 nitrogen and oxygen atoms in total. The van der Waals surface area contributed by atoms with Crippen molar-refractivity contribution in [2.45, 2.75) is 115 Å². The lowest BCUT2D eigenvalue weighted by Crippen LogP contribution is -2.45. The molecule has 0 radical (unpaired) electrons. The molecule has 8 heteroatoms. The van der Waals surface area contributed by atoms with Gasteiger partial charge >= 0.3 is 0 Å². The van der Waals surface area contributed by atoms with Crippen molar-refractivity contribution in [2.75, 3.05) is 11.4 Å². The van der Waals surface area contributed by atoms with Crippen LogP contribution in [0.25, 0.3) is 22.5 Å². The lowest BCUT2D eigenvalue weighted by atomic mass is 9.80. The highest BCUT2D eigenvalue weighted by molar-refractivity contribution is 6.01. The number of aromatic nitrogens is 3. The maximum Gasteiger partial charge on any atom is 0.227 e. The number of para-hydroxylation sites is 1. The fraction of sp³-hybridized carbons (Fsp3) is 0.404. The van der Waals surface area contributed by atoms with E-state index in [1.165, 1.54) is 73.6 Å². The summed E-state index contributed by atoms with van der Waals surface area (Å²) in [6.07, 6.45) is 13.7. The molecule has 2 N–H and O–H groups in total. The molecule has 2 bridgehead atoms. The number of nitrogens with two attached hydrogens (primary N) is 1. The number of primary amides is 1. The van der Waals surface area contributed by atoms with Crippen LogP contribution in [0.5, 0.6) is 0 Å². The van der Waals surface area contributed by atoms with Gasteiger partial charge in [0.15, 0.2) is 0 Å². The number of fused-ring (bicyclic) bond motifs is 12. The molecule has 0 aliphatic carbocycles. The standard InChI is InChI=1S/C47H54N6O2/c1-47-39-25-15-11-20-34(39)32-42(37-23-13-16-26-40(37)47)52(47)30-18-8-6-4-2-3-5-7-9-19-31-53-46-36-22-12-10-21-35(36)33-51(44(55)29-28-43(48)54)41-27-17-14-24-38(41)45(46)49-50-53/h10-17,20-27,42H,2-9,18-19,28-33H2,1H3,(H2,48,54)/t42-,47+/m1/s1. The Bertz CT molecular complexity index is 2140. The van der Waals surface area contributed by atoms with Crippen molar-refractivity contribution in [2.24, 2.45) is 5.73 Å². The van der Waals surface area contributed by atoms with Gasteiger partial charge in [-0.05, 0) is 66.6 Å². The van der Waals surface area contributed by atoms with E-state index < -0.39 is 5.91 Å². The van der Waals surface area contributed by atoms with Gasteiger partial charge in [-0.15, -0.1) is 5.10 Å². The molecule has 3 aliphatic rings. The number of unbranched alkanes of at least 4 members (excludes halogenated alkanes) is 9. The van der Waals surface area contributed by atoms with Crippen molar-refractivity contribution in [3.05, 3.63) is 125 Å². The molecule has 4 heterocycles. The Morgan fingerprint density at radius 2 is 1.29 bits per heavy atom. The summed E-state index contributed by atoms with van der Waals surface area (Å²) in [5.41, 5.74) is 16.9. The molecule has 1 aromatic heterocycles. The van der Waals surface area contributed by atoms with E-state index in [9.17, 15) is 9.59 Å². The number of anilines is 1. The van der Waals surface area contributed by atoms with Crippen LogP contribution < -0.4 is 10.6 Å². The highest BCUT2D eigenvalue weighted by atomic mass is 16.2. The van der Waals surface area contributed by atoms with Crippen LogP contribution in [0.2, 0.25) is 0 Å². The quantitative estimate of drug-likeness (QED) is 0.102. The van der Waals surface area contributed by atoms with E-state index in [0.717, 1.165) is 66.1 Å². The second kappa shape index (κ2) is 16.3. The molecule has 0 saturated heterocycles. The summed E-state index contributed by atoms with van der Waals surface area (Å²) in [4.78, 5) is 29.5. The number of benzene rings is 4. The van der Waals surface area contributed by atoms with Gasteiger partial charge in [-0.3, -0.25) is 14.5 Å². The summed E-state index contributed by atoms with van der Waals surface area (Å²) in [7, 11) is 0. The Balaban J connectivity index is 0.794. The predicted molar refractivity (Wildman–Crippen MR) is 219 cm³/mol. The summed E-state index contributed by atoms with van der Waals surface area (Å²) in [5.74, 6) is -0.613. The van der Waals surface area contributed by atoms with Crippen molar-refractivity contribution in [3.63, 3.8) is 0 Å². The van der Waals surface area contributed by atoms with Crippen LogP contribution in [-0.2, 0) is 34.6 Å². The summed E-state index contributed by atoms with van der Waals surface area (Å²) < 4.78 is 2.06. The van der Waals surface area contributed by atoms with Crippen LogP contribution in [0.1, 0.15) is 118 Å². The van der Waals surface area contributed by atoms with Crippen molar-refractivity contribution < 1.29 is 9.59 Å². The van der Waals surface area contributed by atoms with Gasteiger partial charge in [-0.25, -0.2) is 4.68 Å². The topological polar surface area (TPSA) is 97.3 Å². The highest BCUT2D eigenvalue weighted by Crippen LogP contribution is 2.55. The van der Waals surface area contributed by atoms with Crippen LogP contribution in [0.3, 0.4) is 0 Å². The van der Waals surface area contributed by atoms with E-state index in [2.05, 4.69) is 82.4 Å². The first-order valence-electron chi connectivity index (χ1n) is 20.6. The summed E-state index contributed by atoms with van der Waals surface area (Å²) in [6.45, 7) is 4.82. The first kappa shape index (κ1) is 36.9. The van der Waals surface area contributed by atoms with Gasteiger partial charge < -0.3 is 10.6 Å². The molecule has 5 aromatic rings. The molecular formula is C47H54N6O2. The van der Waals surface area contributed by atoms with Gasteiger partial charge in [-0.2, -0.15) is 0 Å². The number of nitrogens with zero attached hydrogens (tertiary/aromatic N) is 5. The Morgan fingerprint density at radius 3 is 2.04 bits per heavy atom. The first-order chi connectivity index (χ1) is 26.9. The molecule has 2 amide bonds. The smallest absolute Gasteiger partial charge is 0.227 e. The third-order valence-electron chi connectivity index (χ3n) is 12.4. The van der Waals surface area contributed by atoms with E-state index in [4.69, 9.17) is 10.8 Å². The normalized spacial score (nSPS) is 18.1. The van der Waals surface area contributed by atoms with Crippen LogP contribution in [-0.4, -0.2) is 38.3 Å². The minimum absolute atomic E-state index is 0.0175. The fourth-order valence-corrected chi connectivity index (χ4v) is 9.66. The molecule has 2 atom stereocenters. The van der Waals surface area contributed by atoms with Crippen LogP contribution in [0, 0.1) is 0 Å². The number of carbonyl (C=O) groups is 2. The minimum Gasteiger partial charge on any atom is -0.370 e. The molecule has 0 unspecified atom stereocenters. The van der Waals surface area contributed by atoms with Gasteiger partial charge in [0.05, 0.1) is 23.5 Å². The summed E-state index contributed by atoms with van der Waals surface area (Å²) in [5, 5.41) is 9.35. The van der Waals surface area contributed by atoms with Gasteiger partial charge in [0.1, 0.15) is 5.69 Å². The van der Waals surface area contributed by atoms with E-state index in [-0.39, 0.29) is 24.3 Å². The molecule has 55 heavy (non-hydrogen) atoms. The van der Waals surface area contributed by atoms with Gasteiger partial charge in [0.25, 0.3) is 0 Å². The maximum absolute atomic E-state index is 13.4. The second-order valence-electron chi connectivity index (χ2n) is 15.9. The maximum atomic E-state index is 13.4. The van der Waals surface area contributed by atoms with Crippen molar-refractivity contribution >= 4 is 17.5 Å². The zero-order valence-corrected chi connectivity index (χ0v) is 32.3. The Labute approximate surface area is 325 Å². The van der Waals surface area contributed by atoms with Crippen LogP contribution in [0.15, 0.2) is 97.1 Å². The predicted octanol–water partition coefficient (Wildman–Crippen LogP) is 9.50. The van der Waals surface area contributed by atoms with Crippen molar-refractivity contribution in [1.29, 1.82) is 0 Å². The zero-order valence-electron chi connectivity index (χ0n) is 32.3. The van der Waals surface area contributed by atoms with Crippen molar-refractivity contribution in [3.8, 4) is 22.5 Å². The number of hydrogen-bond donors (Lipinski definition) is 1. The van der Waals surface area contributed by atoms with Gasteiger partial charge in [0.2, 0.25) is 11.8 Å². The largest absolute Gasteiger partial charge is 0.370 e. The SMILES string of the molecule is C[C@]12c3ccccc3C[C@H](c3ccccc31)N2CCCCCCCCCCCCn1nnc2c1-c1ccccc1CN(C(=O)CCC(N)=O)c1ccccc1-2. The van der Waals surface area contributed by atoms with E-state index in [1.807, 2.05) is 36.4 Å². The molecule has 284 valence electrons. The molecule has 0 saturated carbocycles. The zero-order chi connectivity index (χ0) is 37.8. The summed E-state index contributed by atoms with van der Waals surface area (Å²) >= 11 is 0. The molecular weight excluding hydrogens is 681 g/mol. The average Bonchev–Trinajstić information content (AvgIpc) is 3.68. The Morgan fingerprint density at radius 1 is 0.691 bits per heavy atom. The lowest BCUT2D eigenvalue weighted by Gasteiger charge is -2.44. The number of rotatable bonds is 16. The number of amides is 2. The lowest BCUT2D eigenvalue weighted by molar-refractivity contribution is -0.123. The Kier molecular flexibility index (Phi) is 11.0. The number of aryl methyl sites for hydroxylation is 1. The van der Waals surface area contributed by atoms with E-state index in [1.54, 1.807) is 4.90 Å². The van der Waals surface area contributed by atoms with Crippen molar-refractivity contribution in [1.82, 2.24) is 19.9 Å². The third kappa shape index (κ3) is 7.25. The molecule has 8 rings (SSSR count). The number of carbonyl (C=O) groups excluding carboxylic acids is 2. The first-order valence-corrected chi connectivity index (χ1v) is 20.6. The van der Waals surface area contributed by atoms with Crippen LogP contribution >= 0.6 is 0 Å². The average molecular weight is 735 g/mol.